The number of carbonyl (C=O) groups excluding carboxylic acids is 2. The third-order valence-corrected chi connectivity index (χ3v) is 5.34. The Morgan fingerprint density at radius 2 is 1.79 bits per heavy atom. The van der Waals surface area contributed by atoms with E-state index in [1.807, 2.05) is 26.0 Å². The molecule has 1 saturated heterocycles. The fraction of sp³-hybridized carbons (Fsp3) is 0.524. The van der Waals surface area contributed by atoms with E-state index in [0.29, 0.717) is 6.54 Å². The Kier molecular flexibility index (Phi) is 6.92. The van der Waals surface area contributed by atoms with E-state index < -0.39 is 6.04 Å². The van der Waals surface area contributed by atoms with Crippen molar-refractivity contribution >= 4 is 11.8 Å². The third kappa shape index (κ3) is 5.04. The van der Waals surface area contributed by atoms with Crippen LogP contribution in [-0.4, -0.2) is 37.5 Å². The Hall–Kier alpha value is -2.54. The highest BCUT2D eigenvalue weighted by molar-refractivity contribution is 5.95. The fourth-order valence-corrected chi connectivity index (χ4v) is 3.76. The van der Waals surface area contributed by atoms with E-state index in [2.05, 4.69) is 10.6 Å². The van der Waals surface area contributed by atoms with Crippen LogP contribution in [-0.2, 0) is 4.79 Å². The first-order valence-electron chi connectivity index (χ1n) is 10.1. The molecule has 0 saturated carbocycles. The summed E-state index contributed by atoms with van der Waals surface area (Å²) in [6, 6.07) is 6.52. The Labute approximate surface area is 165 Å². The number of likely N-dealkylation sites (tertiary alicyclic amines) is 1. The molecule has 0 unspecified atom stereocenters. The van der Waals surface area contributed by atoms with Gasteiger partial charge in [-0.05, 0) is 49.4 Å². The van der Waals surface area contributed by atoms with Crippen molar-refractivity contribution < 1.29 is 23.3 Å². The monoisotopic (exact) mass is 388 g/mol. The maximum Gasteiger partial charge on any atom is 0.287 e. The van der Waals surface area contributed by atoms with E-state index in [1.165, 1.54) is 30.4 Å². The number of hydrogen-bond acceptors (Lipinski definition) is 4. The Morgan fingerprint density at radius 1 is 1.07 bits per heavy atom. The summed E-state index contributed by atoms with van der Waals surface area (Å²) in [4.78, 5) is 26.6. The minimum atomic E-state index is -0.633. The van der Waals surface area contributed by atoms with Gasteiger partial charge in [0.1, 0.15) is 6.04 Å². The molecule has 3 heterocycles. The van der Waals surface area contributed by atoms with E-state index in [9.17, 15) is 9.59 Å². The van der Waals surface area contributed by atoms with E-state index in [0.717, 1.165) is 18.8 Å². The molecule has 2 amide bonds. The molecule has 1 aliphatic heterocycles. The van der Waals surface area contributed by atoms with Gasteiger partial charge in [-0.3, -0.25) is 9.59 Å². The number of carbonyl (C=O) groups is 2. The van der Waals surface area contributed by atoms with Gasteiger partial charge in [0.05, 0.1) is 32.2 Å². The van der Waals surface area contributed by atoms with Crippen molar-refractivity contribution in [2.24, 2.45) is 5.92 Å². The van der Waals surface area contributed by atoms with Gasteiger partial charge in [-0.25, -0.2) is 0 Å². The van der Waals surface area contributed by atoms with Gasteiger partial charge in [0.25, 0.3) is 5.91 Å². The number of amides is 2. The molecule has 0 aliphatic carbocycles. The molecule has 7 heteroatoms. The van der Waals surface area contributed by atoms with Crippen LogP contribution in [0.15, 0.2) is 45.6 Å². The number of piperidine rings is 1. The zero-order valence-corrected chi connectivity index (χ0v) is 16.6. The van der Waals surface area contributed by atoms with Crippen LogP contribution in [0.3, 0.4) is 0 Å². The standard InChI is InChI=1S/C21H29N3O4/c1-15(2)19(23-20(25)18-9-7-13-28-18)21(26)22-14-16(17-8-6-12-27-17)24-10-4-3-5-11-24/h6-9,12-13,15-16,19H,3-5,10-11,14H2,1-2H3,(H,22,26)(H,23,25)/p+1/t16-,19-/m0/s1. The van der Waals surface area contributed by atoms with Crippen LogP contribution in [0.4, 0.5) is 0 Å². The fourth-order valence-electron chi connectivity index (χ4n) is 3.76. The zero-order chi connectivity index (χ0) is 19.9. The van der Waals surface area contributed by atoms with E-state index >= 15 is 0 Å². The smallest absolute Gasteiger partial charge is 0.287 e. The molecule has 2 aromatic rings. The second kappa shape index (κ2) is 9.59. The second-order valence-electron chi connectivity index (χ2n) is 7.70. The molecule has 152 valence electrons. The summed E-state index contributed by atoms with van der Waals surface area (Å²) in [6.07, 6.45) is 6.75. The van der Waals surface area contributed by atoms with Crippen molar-refractivity contribution in [2.75, 3.05) is 19.6 Å². The third-order valence-electron chi connectivity index (χ3n) is 5.34. The molecule has 3 N–H and O–H groups in total. The normalized spacial score (nSPS) is 17.2. The van der Waals surface area contributed by atoms with Crippen LogP contribution in [0.1, 0.15) is 55.5 Å². The highest BCUT2D eigenvalue weighted by Crippen LogP contribution is 2.12. The molecule has 0 spiro atoms. The Balaban J connectivity index is 1.63. The van der Waals surface area contributed by atoms with Crippen LogP contribution in [0.2, 0.25) is 0 Å². The first kappa shape index (κ1) is 20.2. The summed E-state index contributed by atoms with van der Waals surface area (Å²) in [5.74, 6) is 0.455. The van der Waals surface area contributed by atoms with Gasteiger partial charge in [0.2, 0.25) is 5.91 Å². The largest absolute Gasteiger partial charge is 0.463 e. The Bertz CT molecular complexity index is 734. The second-order valence-corrected chi connectivity index (χ2v) is 7.70. The van der Waals surface area contributed by atoms with Crippen molar-refractivity contribution in [1.29, 1.82) is 0 Å². The van der Waals surface area contributed by atoms with Crippen molar-refractivity contribution in [3.63, 3.8) is 0 Å². The highest BCUT2D eigenvalue weighted by Gasteiger charge is 2.31. The molecule has 0 aromatic carbocycles. The van der Waals surface area contributed by atoms with E-state index in [-0.39, 0.29) is 29.5 Å². The van der Waals surface area contributed by atoms with Crippen molar-refractivity contribution in [1.82, 2.24) is 10.6 Å². The van der Waals surface area contributed by atoms with Gasteiger partial charge in [0.15, 0.2) is 17.6 Å². The summed E-state index contributed by atoms with van der Waals surface area (Å²) in [7, 11) is 0. The molecule has 28 heavy (non-hydrogen) atoms. The molecule has 1 aliphatic rings. The first-order chi connectivity index (χ1) is 13.6. The number of hydrogen-bond donors (Lipinski definition) is 3. The number of furan rings is 2. The zero-order valence-electron chi connectivity index (χ0n) is 16.6. The molecule has 3 rings (SSSR count). The first-order valence-corrected chi connectivity index (χ1v) is 10.1. The SMILES string of the molecule is CC(C)[C@H](NC(=O)c1ccco1)C(=O)NC[C@@H](c1ccco1)[NH+]1CCCCC1. The van der Waals surface area contributed by atoms with Crippen LogP contribution in [0.5, 0.6) is 0 Å². The molecule has 2 atom stereocenters. The summed E-state index contributed by atoms with van der Waals surface area (Å²) >= 11 is 0. The predicted octanol–water partition coefficient (Wildman–Crippen LogP) is 1.55. The maximum absolute atomic E-state index is 12.9. The summed E-state index contributed by atoms with van der Waals surface area (Å²) < 4.78 is 10.8. The van der Waals surface area contributed by atoms with E-state index in [1.54, 1.807) is 18.4 Å². The molecular weight excluding hydrogens is 358 g/mol. The van der Waals surface area contributed by atoms with Gasteiger partial charge in [-0.2, -0.15) is 0 Å². The Morgan fingerprint density at radius 3 is 2.39 bits per heavy atom. The quantitative estimate of drug-likeness (QED) is 0.640. The maximum atomic E-state index is 12.9. The van der Waals surface area contributed by atoms with E-state index in [4.69, 9.17) is 8.83 Å². The van der Waals surface area contributed by atoms with Crippen molar-refractivity contribution in [2.45, 2.75) is 45.2 Å². The van der Waals surface area contributed by atoms with Gasteiger partial charge >= 0.3 is 0 Å². The van der Waals surface area contributed by atoms with Crippen LogP contribution < -0.4 is 15.5 Å². The molecule has 7 nitrogen and oxygen atoms in total. The topological polar surface area (TPSA) is 88.9 Å². The number of quaternary nitrogens is 1. The predicted molar refractivity (Wildman–Crippen MR) is 104 cm³/mol. The van der Waals surface area contributed by atoms with Crippen molar-refractivity contribution in [3.8, 4) is 0 Å². The van der Waals surface area contributed by atoms with Crippen molar-refractivity contribution in [3.05, 3.63) is 48.3 Å². The van der Waals surface area contributed by atoms with Gasteiger partial charge in [-0.1, -0.05) is 13.8 Å². The lowest BCUT2D eigenvalue weighted by Gasteiger charge is -2.31. The summed E-state index contributed by atoms with van der Waals surface area (Å²) in [5.41, 5.74) is 0. The summed E-state index contributed by atoms with van der Waals surface area (Å²) in [6.45, 7) is 6.44. The average molecular weight is 388 g/mol. The average Bonchev–Trinajstić information content (AvgIpc) is 3.40. The minimum absolute atomic E-state index is 0.0525. The van der Waals surface area contributed by atoms with Crippen LogP contribution in [0, 0.1) is 5.92 Å². The van der Waals surface area contributed by atoms with Crippen LogP contribution in [0.25, 0.3) is 0 Å². The lowest BCUT2D eigenvalue weighted by Crippen LogP contribution is -3.13. The lowest BCUT2D eigenvalue weighted by molar-refractivity contribution is -0.936. The molecule has 0 bridgehead atoms. The summed E-state index contributed by atoms with van der Waals surface area (Å²) in [5, 5.41) is 5.82. The van der Waals surface area contributed by atoms with Gasteiger partial charge in [0, 0.05) is 0 Å². The number of rotatable bonds is 8. The van der Waals surface area contributed by atoms with Gasteiger partial charge < -0.3 is 24.4 Å². The molecular formula is C21H30N3O4+. The highest BCUT2D eigenvalue weighted by atomic mass is 16.3. The molecule has 0 radical (unpaired) electrons. The van der Waals surface area contributed by atoms with Crippen LogP contribution >= 0.6 is 0 Å². The number of nitrogens with one attached hydrogen (secondary N) is 3. The molecule has 2 aromatic heterocycles. The lowest BCUT2D eigenvalue weighted by atomic mass is 10.0. The molecule has 1 fully saturated rings. The van der Waals surface area contributed by atoms with Gasteiger partial charge in [-0.15, -0.1) is 0 Å². The minimum Gasteiger partial charge on any atom is -0.463 e.